The number of hydrogen-bond donors (Lipinski definition) is 1. The first-order chi connectivity index (χ1) is 7.12. The minimum atomic E-state index is -2.79. The van der Waals surface area contributed by atoms with Gasteiger partial charge in [0.05, 0.1) is 11.5 Å². The van der Waals surface area contributed by atoms with Crippen LogP contribution >= 0.6 is 0 Å². The van der Waals surface area contributed by atoms with Gasteiger partial charge in [-0.2, -0.15) is 0 Å². The molecule has 4 nitrogen and oxygen atoms in total. The molecule has 5 heteroatoms. The van der Waals surface area contributed by atoms with Crippen LogP contribution in [-0.2, 0) is 9.84 Å². The van der Waals surface area contributed by atoms with E-state index in [1.54, 1.807) is 0 Å². The molecule has 0 spiro atoms. The molecule has 0 bridgehead atoms. The zero-order chi connectivity index (χ0) is 12.6. The molecule has 0 saturated carbocycles. The van der Waals surface area contributed by atoms with Crippen molar-refractivity contribution in [1.29, 1.82) is 0 Å². The molecule has 16 heavy (non-hydrogen) atoms. The summed E-state index contributed by atoms with van der Waals surface area (Å²) in [5.41, 5.74) is 6.16. The van der Waals surface area contributed by atoms with Crippen molar-refractivity contribution in [3.05, 3.63) is 0 Å². The number of nitrogens with two attached hydrogens (primary N) is 1. The zero-order valence-electron chi connectivity index (χ0n) is 10.7. The van der Waals surface area contributed by atoms with Crippen LogP contribution in [-0.4, -0.2) is 50.5 Å². The molecule has 0 aromatic rings. The van der Waals surface area contributed by atoms with E-state index >= 15 is 0 Å². The average molecular weight is 248 g/mol. The van der Waals surface area contributed by atoms with Crippen LogP contribution < -0.4 is 5.73 Å². The Labute approximate surface area is 99.1 Å². The molecule has 1 aliphatic heterocycles. The van der Waals surface area contributed by atoms with Crippen molar-refractivity contribution in [2.24, 2.45) is 11.1 Å². The second-order valence-electron chi connectivity index (χ2n) is 5.97. The summed E-state index contributed by atoms with van der Waals surface area (Å²) in [4.78, 5) is 2.10. The van der Waals surface area contributed by atoms with Crippen LogP contribution in [0.3, 0.4) is 0 Å². The molecule has 1 heterocycles. The molecule has 0 aliphatic carbocycles. The second kappa shape index (κ2) is 4.63. The number of rotatable bonds is 3. The van der Waals surface area contributed by atoms with Gasteiger partial charge < -0.3 is 10.6 Å². The van der Waals surface area contributed by atoms with Gasteiger partial charge in [0.1, 0.15) is 0 Å². The van der Waals surface area contributed by atoms with Crippen LogP contribution in [0.5, 0.6) is 0 Å². The first kappa shape index (κ1) is 13.9. The Morgan fingerprint density at radius 2 is 2.00 bits per heavy atom. The van der Waals surface area contributed by atoms with Crippen molar-refractivity contribution in [2.45, 2.75) is 39.3 Å². The lowest BCUT2D eigenvalue weighted by Crippen LogP contribution is -2.47. The molecule has 0 radical (unpaired) electrons. The molecule has 2 N–H and O–H groups in total. The predicted octanol–water partition coefficient (Wildman–Crippen LogP) is 0.479. The second-order valence-corrected chi connectivity index (χ2v) is 8.20. The number of sulfone groups is 1. The molecular weight excluding hydrogens is 224 g/mol. The lowest BCUT2D eigenvalue weighted by Gasteiger charge is -2.33. The molecule has 2 unspecified atom stereocenters. The summed E-state index contributed by atoms with van der Waals surface area (Å²) in [7, 11) is -0.825. The van der Waals surface area contributed by atoms with Gasteiger partial charge in [-0.15, -0.1) is 0 Å². The van der Waals surface area contributed by atoms with Gasteiger partial charge in [-0.25, -0.2) is 8.42 Å². The highest BCUT2D eigenvalue weighted by molar-refractivity contribution is 7.91. The van der Waals surface area contributed by atoms with Crippen molar-refractivity contribution in [3.63, 3.8) is 0 Å². The highest BCUT2D eigenvalue weighted by Crippen LogP contribution is 2.21. The summed E-state index contributed by atoms with van der Waals surface area (Å²) in [6.45, 7) is 7.08. The standard InChI is InChI=1S/C11H24N2O2S/c1-11(2,3)10(12)7-13(4)9-5-6-16(14,15)8-9/h9-10H,5-8,12H2,1-4H3. The molecule has 1 rings (SSSR count). The van der Waals surface area contributed by atoms with E-state index in [0.717, 1.165) is 13.0 Å². The summed E-state index contributed by atoms with van der Waals surface area (Å²) in [5, 5.41) is 0. The minimum Gasteiger partial charge on any atom is -0.326 e. The van der Waals surface area contributed by atoms with Crippen LogP contribution in [0.25, 0.3) is 0 Å². The predicted molar refractivity (Wildman–Crippen MR) is 67.1 cm³/mol. The number of nitrogens with zero attached hydrogens (tertiary/aromatic N) is 1. The van der Waals surface area contributed by atoms with Gasteiger partial charge >= 0.3 is 0 Å². The fourth-order valence-corrected chi connectivity index (χ4v) is 3.66. The van der Waals surface area contributed by atoms with Crippen molar-refractivity contribution < 1.29 is 8.42 Å². The van der Waals surface area contributed by atoms with E-state index < -0.39 is 9.84 Å². The Morgan fingerprint density at radius 1 is 1.44 bits per heavy atom. The van der Waals surface area contributed by atoms with Crippen molar-refractivity contribution in [3.8, 4) is 0 Å². The SMILES string of the molecule is CN(CC(N)C(C)(C)C)C1CCS(=O)(=O)C1. The summed E-state index contributed by atoms with van der Waals surface area (Å²) < 4.78 is 22.7. The van der Waals surface area contributed by atoms with Gasteiger partial charge in [0.25, 0.3) is 0 Å². The van der Waals surface area contributed by atoms with Crippen LogP contribution in [0.15, 0.2) is 0 Å². The van der Waals surface area contributed by atoms with Crippen molar-refractivity contribution in [2.75, 3.05) is 25.1 Å². The molecule has 2 atom stereocenters. The van der Waals surface area contributed by atoms with Crippen LogP contribution in [0.4, 0.5) is 0 Å². The maximum atomic E-state index is 11.4. The first-order valence-corrected chi connectivity index (χ1v) is 7.60. The van der Waals surface area contributed by atoms with E-state index in [0.29, 0.717) is 11.5 Å². The molecule has 0 amide bonds. The van der Waals surface area contributed by atoms with E-state index in [4.69, 9.17) is 5.73 Å². The van der Waals surface area contributed by atoms with E-state index in [2.05, 4.69) is 25.7 Å². The Morgan fingerprint density at radius 3 is 2.38 bits per heavy atom. The number of hydrogen-bond acceptors (Lipinski definition) is 4. The minimum absolute atomic E-state index is 0.0612. The first-order valence-electron chi connectivity index (χ1n) is 5.78. The van der Waals surface area contributed by atoms with Gasteiger partial charge in [-0.1, -0.05) is 20.8 Å². The van der Waals surface area contributed by atoms with E-state index in [-0.39, 0.29) is 17.5 Å². The smallest absolute Gasteiger partial charge is 0.151 e. The lowest BCUT2D eigenvalue weighted by molar-refractivity contribution is 0.192. The third-order valence-corrected chi connectivity index (χ3v) is 5.18. The summed E-state index contributed by atoms with van der Waals surface area (Å²) >= 11 is 0. The average Bonchev–Trinajstić information content (AvgIpc) is 2.44. The van der Waals surface area contributed by atoms with Gasteiger partial charge in [0.15, 0.2) is 9.84 Å². The normalized spacial score (nSPS) is 27.2. The van der Waals surface area contributed by atoms with Crippen molar-refractivity contribution in [1.82, 2.24) is 4.90 Å². The monoisotopic (exact) mass is 248 g/mol. The molecule has 1 saturated heterocycles. The summed E-state index contributed by atoms with van der Waals surface area (Å²) in [6, 6.07) is 0.221. The highest BCUT2D eigenvalue weighted by Gasteiger charge is 2.32. The molecule has 1 aliphatic rings. The van der Waals surface area contributed by atoms with Gasteiger partial charge in [-0.3, -0.25) is 0 Å². The van der Waals surface area contributed by atoms with Gasteiger partial charge in [0.2, 0.25) is 0 Å². The Balaban J connectivity index is 2.51. The van der Waals surface area contributed by atoms with E-state index in [1.165, 1.54) is 0 Å². The maximum absolute atomic E-state index is 11.4. The molecule has 96 valence electrons. The summed E-state index contributed by atoms with van der Waals surface area (Å²) in [6.07, 6.45) is 0.746. The summed E-state index contributed by atoms with van der Waals surface area (Å²) in [5.74, 6) is 0.618. The van der Waals surface area contributed by atoms with Gasteiger partial charge in [0, 0.05) is 18.6 Å². The molecule has 0 aromatic heterocycles. The maximum Gasteiger partial charge on any atom is 0.151 e. The lowest BCUT2D eigenvalue weighted by atomic mass is 9.87. The zero-order valence-corrected chi connectivity index (χ0v) is 11.5. The topological polar surface area (TPSA) is 63.4 Å². The fraction of sp³-hybridized carbons (Fsp3) is 1.00. The largest absolute Gasteiger partial charge is 0.326 e. The van der Waals surface area contributed by atoms with Gasteiger partial charge in [-0.05, 0) is 18.9 Å². The van der Waals surface area contributed by atoms with Crippen molar-refractivity contribution >= 4 is 9.84 Å². The molecular formula is C11H24N2O2S. The van der Waals surface area contributed by atoms with E-state index in [1.807, 2.05) is 7.05 Å². The Bertz CT molecular complexity index is 332. The molecule has 0 aromatic carbocycles. The molecule has 1 fully saturated rings. The third kappa shape index (κ3) is 3.71. The van der Waals surface area contributed by atoms with Crippen LogP contribution in [0, 0.1) is 5.41 Å². The van der Waals surface area contributed by atoms with E-state index in [9.17, 15) is 8.42 Å². The quantitative estimate of drug-likeness (QED) is 0.789. The Hall–Kier alpha value is -0.130. The number of likely N-dealkylation sites (N-methyl/N-ethyl adjacent to an activating group) is 1. The highest BCUT2D eigenvalue weighted by atomic mass is 32.2. The van der Waals surface area contributed by atoms with Crippen LogP contribution in [0.2, 0.25) is 0 Å². The van der Waals surface area contributed by atoms with Crippen LogP contribution in [0.1, 0.15) is 27.2 Å². The Kier molecular flexibility index (Phi) is 4.03. The fourth-order valence-electron chi connectivity index (χ4n) is 1.86. The third-order valence-electron chi connectivity index (χ3n) is 3.43.